The third kappa shape index (κ3) is 16.4. The van der Waals surface area contributed by atoms with Gasteiger partial charge >= 0.3 is 12.1 Å². The summed E-state index contributed by atoms with van der Waals surface area (Å²) in [7, 11) is 9.37. The smallest absolute Gasteiger partial charge is 0.409 e. The van der Waals surface area contributed by atoms with Gasteiger partial charge in [-0.3, -0.25) is 24.4 Å². The van der Waals surface area contributed by atoms with Crippen molar-refractivity contribution < 1.29 is 71.7 Å². The number of hydrogen-bond donors (Lipinski definition) is 2. The predicted octanol–water partition coefficient (Wildman–Crippen LogP) is 3.54. The number of likely N-dealkylation sites (N-methyl/N-ethyl adjacent to an activating group) is 2. The average molecular weight is 1050 g/mol. The SMILES string of the molecule is COc1cc2cc(c1Cl)N(C)C(=O)C[C@H](OC(=O)[C@H](C)N(C)C(=O)CCCC(=O)N(C)CCOCCOCCOCCOCc1cn(C)nn1)[C@]1(C)O[C@H]1[C@H](C)[C@@H]1C[C@@](O)(NC(=O)O1)[C@H](OC)/C=C/C=C(/C)C2. The van der Waals surface area contributed by atoms with E-state index in [1.165, 1.54) is 42.9 Å². The average Bonchev–Trinajstić information content (AvgIpc) is 3.88. The van der Waals surface area contributed by atoms with Crippen LogP contribution in [0.2, 0.25) is 5.02 Å². The topological polar surface area (TPSA) is 244 Å². The number of esters is 1. The number of aryl methyl sites for hydroxylation is 1. The highest BCUT2D eigenvalue weighted by atomic mass is 35.5. The highest BCUT2D eigenvalue weighted by molar-refractivity contribution is 6.35. The normalized spacial score (nSPS) is 25.8. The van der Waals surface area contributed by atoms with Crippen LogP contribution in [0.4, 0.5) is 10.5 Å². The fraction of sp³-hybridized carbons (Fsp3) is 0.660. The van der Waals surface area contributed by atoms with E-state index in [4.69, 9.17) is 54.2 Å². The van der Waals surface area contributed by atoms with Gasteiger partial charge in [-0.05, 0) is 51.3 Å². The number of fused-ring (bicyclic) bond motifs is 5. The van der Waals surface area contributed by atoms with Gasteiger partial charge < -0.3 is 62.4 Å². The van der Waals surface area contributed by atoms with Gasteiger partial charge in [0.15, 0.2) is 5.72 Å². The van der Waals surface area contributed by atoms with Crippen molar-refractivity contribution in [2.75, 3.05) is 93.1 Å². The molecule has 3 aliphatic heterocycles. The zero-order chi connectivity index (χ0) is 53.5. The van der Waals surface area contributed by atoms with Crippen molar-refractivity contribution in [2.24, 2.45) is 13.0 Å². The van der Waals surface area contributed by atoms with Gasteiger partial charge in [-0.1, -0.05) is 47.5 Å². The molecule has 3 aliphatic rings. The number of hydrogen-bond acceptors (Lipinski definition) is 17. The molecular formula is C50H74ClN7O15. The Kier molecular flexibility index (Phi) is 22.0. The third-order valence-electron chi connectivity index (χ3n) is 13.3. The van der Waals surface area contributed by atoms with Gasteiger partial charge in [-0.2, -0.15) is 0 Å². The first-order valence-electron chi connectivity index (χ1n) is 24.5. The van der Waals surface area contributed by atoms with Crippen molar-refractivity contribution in [3.63, 3.8) is 0 Å². The largest absolute Gasteiger partial charge is 0.495 e. The van der Waals surface area contributed by atoms with Gasteiger partial charge in [0.25, 0.3) is 0 Å². The van der Waals surface area contributed by atoms with Crippen LogP contribution in [-0.4, -0.2) is 190 Å². The van der Waals surface area contributed by atoms with E-state index in [2.05, 4.69) is 15.6 Å². The van der Waals surface area contributed by atoms with E-state index < -0.39 is 71.6 Å². The van der Waals surface area contributed by atoms with Crippen LogP contribution in [0.5, 0.6) is 5.75 Å². The molecule has 2 N–H and O–H groups in total. The van der Waals surface area contributed by atoms with Gasteiger partial charge in [0.1, 0.15) is 46.4 Å². The number of aromatic nitrogens is 3. The molecule has 1 aromatic carbocycles. The Morgan fingerprint density at radius 3 is 2.30 bits per heavy atom. The maximum Gasteiger partial charge on any atom is 0.409 e. The highest BCUT2D eigenvalue weighted by Gasteiger charge is 2.64. The van der Waals surface area contributed by atoms with Crippen molar-refractivity contribution in [3.8, 4) is 5.75 Å². The van der Waals surface area contributed by atoms with Gasteiger partial charge in [0.05, 0.1) is 84.4 Å². The van der Waals surface area contributed by atoms with Gasteiger partial charge in [0.2, 0.25) is 17.7 Å². The summed E-state index contributed by atoms with van der Waals surface area (Å²) < 4.78 is 53.2. The lowest BCUT2D eigenvalue weighted by atomic mass is 9.83. The number of halogens is 1. The molecule has 8 atom stereocenters. The van der Waals surface area contributed by atoms with E-state index in [1.807, 2.05) is 13.0 Å². The van der Waals surface area contributed by atoms with E-state index in [0.29, 0.717) is 77.3 Å². The zero-order valence-corrected chi connectivity index (χ0v) is 44.5. The molecule has 4 bridgehead atoms. The Morgan fingerprint density at radius 2 is 1.66 bits per heavy atom. The lowest BCUT2D eigenvalue weighted by Gasteiger charge is -2.42. The summed E-state index contributed by atoms with van der Waals surface area (Å²) in [6, 6.07) is 2.45. The molecule has 0 radical (unpaired) electrons. The first kappa shape index (κ1) is 58.7. The minimum absolute atomic E-state index is 0.0199. The maximum atomic E-state index is 14.3. The van der Waals surface area contributed by atoms with Crippen LogP contribution in [0, 0.1) is 5.92 Å². The second-order valence-corrected chi connectivity index (χ2v) is 19.2. The summed E-state index contributed by atoms with van der Waals surface area (Å²) in [4.78, 5) is 71.8. The van der Waals surface area contributed by atoms with Crippen LogP contribution in [0.15, 0.2) is 42.1 Å². The lowest BCUT2D eigenvalue weighted by molar-refractivity contribution is -0.162. The number of anilines is 1. The number of carbonyl (C=O) groups excluding carboxylic acids is 5. The number of ether oxygens (including phenoxy) is 9. The number of nitrogens with zero attached hydrogens (tertiary/aromatic N) is 6. The number of aliphatic hydroxyl groups is 1. The van der Waals surface area contributed by atoms with Crippen molar-refractivity contribution in [3.05, 3.63) is 58.4 Å². The Balaban J connectivity index is 1.14. The molecule has 406 valence electrons. The first-order valence-corrected chi connectivity index (χ1v) is 24.8. The van der Waals surface area contributed by atoms with E-state index in [-0.39, 0.29) is 43.0 Å². The molecule has 4 heterocycles. The molecule has 0 spiro atoms. The number of methoxy groups -OCH3 is 2. The van der Waals surface area contributed by atoms with Crippen molar-refractivity contribution >= 4 is 47.1 Å². The molecular weight excluding hydrogens is 974 g/mol. The van der Waals surface area contributed by atoms with E-state index in [1.54, 1.807) is 70.2 Å². The number of nitrogens with one attached hydrogen (secondary N) is 1. The summed E-state index contributed by atoms with van der Waals surface area (Å²) in [6.07, 6.45) is 2.64. The number of alkyl carbamates (subject to hydrolysis) is 1. The van der Waals surface area contributed by atoms with E-state index in [9.17, 15) is 29.1 Å². The summed E-state index contributed by atoms with van der Waals surface area (Å²) in [5, 5.41) is 22.4. The Bertz CT molecular complexity index is 2260. The monoisotopic (exact) mass is 1050 g/mol. The summed E-state index contributed by atoms with van der Waals surface area (Å²) in [5.74, 6) is -2.07. The van der Waals surface area contributed by atoms with Gasteiger partial charge in [-0.15, -0.1) is 5.10 Å². The summed E-state index contributed by atoms with van der Waals surface area (Å²) in [6.45, 7) is 10.3. The maximum absolute atomic E-state index is 14.3. The number of carbonyl (C=O) groups is 5. The predicted molar refractivity (Wildman–Crippen MR) is 266 cm³/mol. The number of benzene rings is 1. The Labute approximate surface area is 432 Å². The third-order valence-corrected chi connectivity index (χ3v) is 13.7. The molecule has 73 heavy (non-hydrogen) atoms. The van der Waals surface area contributed by atoms with Crippen molar-refractivity contribution in [1.29, 1.82) is 0 Å². The standard InChI is InChI=1S/C50H74ClN7O15/c1-32-13-11-14-40(66-10)50(64)29-39(71-48(63)52-50)33(2)46-49(4,73-46)41(28-44(61)58(8)37-26-35(25-32)27-38(65-9)45(37)51)72-47(62)34(3)57(7)43(60)16-12-15-42(59)55(5)17-18-67-19-20-68-21-22-69-23-24-70-31-36-30-56(6)54-53-36/h11,13-14,26-27,30,33-34,39-41,46,64H,12,15-25,28-29,31H2,1-10H3,(H,52,63)/b14-11+,32-13-/t33-,34+,39+,40-,41+,46+,49+,50+/m1/s1. The summed E-state index contributed by atoms with van der Waals surface area (Å²) in [5.41, 5.74) is -0.356. The molecule has 4 amide bonds. The minimum atomic E-state index is -1.87. The molecule has 0 saturated carbocycles. The van der Waals surface area contributed by atoms with Crippen LogP contribution < -0.4 is 15.0 Å². The first-order chi connectivity index (χ1) is 34.7. The molecule has 0 aliphatic carbocycles. The van der Waals surface area contributed by atoms with Crippen LogP contribution in [0.3, 0.4) is 0 Å². The Morgan fingerprint density at radius 1 is 1.00 bits per heavy atom. The second-order valence-electron chi connectivity index (χ2n) is 18.8. The molecule has 22 nitrogen and oxygen atoms in total. The highest BCUT2D eigenvalue weighted by Crippen LogP contribution is 2.49. The molecule has 1 aromatic heterocycles. The van der Waals surface area contributed by atoms with Crippen molar-refractivity contribution in [2.45, 2.75) is 115 Å². The molecule has 2 saturated heterocycles. The second kappa shape index (κ2) is 27.4. The molecule has 23 heteroatoms. The number of rotatable bonds is 23. The van der Waals surface area contributed by atoms with Crippen LogP contribution in [0.1, 0.15) is 71.1 Å². The minimum Gasteiger partial charge on any atom is -0.495 e. The van der Waals surface area contributed by atoms with Gasteiger partial charge in [-0.25, -0.2) is 9.59 Å². The van der Waals surface area contributed by atoms with Crippen LogP contribution in [0.25, 0.3) is 0 Å². The number of epoxide rings is 1. The zero-order valence-electron chi connectivity index (χ0n) is 43.8. The fourth-order valence-corrected chi connectivity index (χ4v) is 8.91. The Hall–Kier alpha value is -5.20. The number of allylic oxidation sites excluding steroid dienone is 3. The van der Waals surface area contributed by atoms with Crippen LogP contribution >= 0.6 is 11.6 Å². The quantitative estimate of drug-likeness (QED) is 0.0919. The molecule has 0 unspecified atom stereocenters. The van der Waals surface area contributed by atoms with Gasteiger partial charge in [0, 0.05) is 67.0 Å². The van der Waals surface area contributed by atoms with E-state index >= 15 is 0 Å². The lowest BCUT2D eigenvalue weighted by Crippen LogP contribution is -2.63. The molecule has 2 aromatic rings. The van der Waals surface area contributed by atoms with E-state index in [0.717, 1.165) is 16.8 Å². The molecule has 2 fully saturated rings. The fourth-order valence-electron chi connectivity index (χ4n) is 8.60. The van der Waals surface area contributed by atoms with Crippen LogP contribution in [-0.2, 0) is 77.1 Å². The van der Waals surface area contributed by atoms with Crippen molar-refractivity contribution in [1.82, 2.24) is 30.1 Å². The summed E-state index contributed by atoms with van der Waals surface area (Å²) >= 11 is 6.81. The number of amides is 4. The molecule has 5 rings (SSSR count).